The largest absolute Gasteiger partial charge is 0.418 e. The fourth-order valence-corrected chi connectivity index (χ4v) is 2.63. The van der Waals surface area contributed by atoms with Gasteiger partial charge in [-0.05, 0) is 24.8 Å². The minimum absolute atomic E-state index is 0.272. The zero-order valence-corrected chi connectivity index (χ0v) is 14.3. The minimum Gasteiger partial charge on any atom is -0.380 e. The molecular formula is C17H23F3OSi. The Kier molecular flexibility index (Phi) is 6.27. The summed E-state index contributed by atoms with van der Waals surface area (Å²) in [6.07, 6.45) is -4.74. The average Bonchev–Trinajstić information content (AvgIpc) is 2.37. The summed E-state index contributed by atoms with van der Waals surface area (Å²) in [6.45, 7) is 5.88. The zero-order valence-electron chi connectivity index (χ0n) is 13.3. The summed E-state index contributed by atoms with van der Waals surface area (Å²) in [5, 5.41) is 10.0. The molecule has 22 heavy (non-hydrogen) atoms. The van der Waals surface area contributed by atoms with Gasteiger partial charge in [0.05, 0.1) is 0 Å². The Hall–Kier alpha value is -1.25. The third kappa shape index (κ3) is 6.25. The van der Waals surface area contributed by atoms with E-state index in [4.69, 9.17) is 0 Å². The first-order valence-electron chi connectivity index (χ1n) is 7.37. The van der Waals surface area contributed by atoms with Crippen LogP contribution in [0, 0.1) is 11.5 Å². The Morgan fingerprint density at radius 1 is 1.09 bits per heavy atom. The van der Waals surface area contributed by atoms with E-state index in [9.17, 15) is 18.3 Å². The Bertz CT molecular complexity index is 523. The van der Waals surface area contributed by atoms with Gasteiger partial charge in [-0.25, -0.2) is 0 Å². The van der Waals surface area contributed by atoms with Crippen LogP contribution in [-0.4, -0.2) is 25.0 Å². The van der Waals surface area contributed by atoms with E-state index in [1.165, 1.54) is 0 Å². The molecule has 0 amide bonds. The van der Waals surface area contributed by atoms with Crippen LogP contribution in [0.1, 0.15) is 24.8 Å². The summed E-state index contributed by atoms with van der Waals surface area (Å²) in [7, 11) is -1.74. The second-order valence-corrected chi connectivity index (χ2v) is 11.3. The monoisotopic (exact) mass is 328 g/mol. The molecule has 0 bridgehead atoms. The Morgan fingerprint density at radius 3 is 2.18 bits per heavy atom. The predicted molar refractivity (Wildman–Crippen MR) is 86.1 cm³/mol. The number of alkyl halides is 3. The molecule has 1 rings (SSSR count). The van der Waals surface area contributed by atoms with Crippen molar-refractivity contribution < 1.29 is 18.3 Å². The Labute approximate surface area is 131 Å². The molecule has 0 saturated carbocycles. The quantitative estimate of drug-likeness (QED) is 0.620. The van der Waals surface area contributed by atoms with Crippen molar-refractivity contribution in [2.75, 3.05) is 0 Å². The molecule has 0 aliphatic rings. The maximum Gasteiger partial charge on any atom is 0.418 e. The maximum absolute atomic E-state index is 13.1. The summed E-state index contributed by atoms with van der Waals surface area (Å²) < 4.78 is 39.4. The Morgan fingerprint density at radius 2 is 1.68 bits per heavy atom. The molecule has 5 heteroatoms. The molecule has 0 aliphatic carbocycles. The highest BCUT2D eigenvalue weighted by Crippen LogP contribution is 2.36. The highest BCUT2D eigenvalue weighted by molar-refractivity contribution is 6.83. The van der Waals surface area contributed by atoms with E-state index < -0.39 is 26.3 Å². The van der Waals surface area contributed by atoms with Gasteiger partial charge in [0.25, 0.3) is 0 Å². The summed E-state index contributed by atoms with van der Waals surface area (Å²) in [6, 6.07) is 9.31. The third-order valence-electron chi connectivity index (χ3n) is 3.27. The number of hydrogen-bond acceptors (Lipinski definition) is 1. The van der Waals surface area contributed by atoms with Crippen LogP contribution in [0.5, 0.6) is 0 Å². The van der Waals surface area contributed by atoms with Gasteiger partial charge in [0.2, 0.25) is 0 Å². The first kappa shape index (κ1) is 18.8. The second kappa shape index (κ2) is 7.34. The van der Waals surface area contributed by atoms with Crippen molar-refractivity contribution in [3.63, 3.8) is 0 Å². The van der Waals surface area contributed by atoms with Gasteiger partial charge in [0, 0.05) is 6.42 Å². The molecule has 0 aromatic heterocycles. The molecule has 0 radical (unpaired) electrons. The second-order valence-electron chi connectivity index (χ2n) is 6.60. The SMILES string of the molecule is C[Si](C)(C)C#CC[C@@](O)(CCCc1ccccc1)C(F)(F)F. The fraction of sp³-hybridized carbons (Fsp3) is 0.529. The fourth-order valence-electron chi connectivity index (χ4n) is 2.02. The van der Waals surface area contributed by atoms with Crippen LogP contribution in [0.2, 0.25) is 19.6 Å². The molecule has 0 saturated heterocycles. The first-order chi connectivity index (χ1) is 10.0. The predicted octanol–water partition coefficient (Wildman–Crippen LogP) is 4.57. The van der Waals surface area contributed by atoms with Crippen LogP contribution in [0.25, 0.3) is 0 Å². The molecule has 0 unspecified atom stereocenters. The smallest absolute Gasteiger partial charge is 0.380 e. The highest BCUT2D eigenvalue weighted by atomic mass is 28.3. The van der Waals surface area contributed by atoms with E-state index in [0.717, 1.165) is 5.56 Å². The molecular weight excluding hydrogens is 305 g/mol. The standard InChI is InChI=1S/C17H23F3OSi/c1-22(2,3)14-8-13-16(21,17(18,19)20)12-7-11-15-9-5-4-6-10-15/h4-6,9-10,21H,7,11-13H2,1-3H3/t16-/m0/s1. The van der Waals surface area contributed by atoms with Crippen molar-refractivity contribution in [2.24, 2.45) is 0 Å². The van der Waals surface area contributed by atoms with E-state index in [1.54, 1.807) is 0 Å². The normalized spacial score (nSPS) is 14.9. The minimum atomic E-state index is -4.65. The van der Waals surface area contributed by atoms with Gasteiger partial charge in [-0.15, -0.1) is 11.5 Å². The topological polar surface area (TPSA) is 20.2 Å². The molecule has 1 atom stereocenters. The van der Waals surface area contributed by atoms with Crippen LogP contribution < -0.4 is 0 Å². The number of aryl methyl sites for hydroxylation is 1. The number of rotatable bonds is 5. The van der Waals surface area contributed by atoms with Crippen LogP contribution in [0.15, 0.2) is 30.3 Å². The van der Waals surface area contributed by atoms with Crippen molar-refractivity contribution in [1.29, 1.82) is 0 Å². The van der Waals surface area contributed by atoms with E-state index in [-0.39, 0.29) is 12.8 Å². The van der Waals surface area contributed by atoms with Gasteiger partial charge < -0.3 is 5.11 Å². The summed E-state index contributed by atoms with van der Waals surface area (Å²) >= 11 is 0. The number of hydrogen-bond donors (Lipinski definition) is 1. The number of benzene rings is 1. The molecule has 1 aromatic rings. The van der Waals surface area contributed by atoms with Crippen molar-refractivity contribution in [3.05, 3.63) is 35.9 Å². The van der Waals surface area contributed by atoms with Crippen molar-refractivity contribution in [1.82, 2.24) is 0 Å². The van der Waals surface area contributed by atoms with Crippen molar-refractivity contribution >= 4 is 8.07 Å². The van der Waals surface area contributed by atoms with Gasteiger partial charge >= 0.3 is 6.18 Å². The van der Waals surface area contributed by atoms with Crippen LogP contribution in [0.4, 0.5) is 13.2 Å². The third-order valence-corrected chi connectivity index (χ3v) is 4.20. The van der Waals surface area contributed by atoms with E-state index in [2.05, 4.69) is 11.5 Å². The molecule has 0 heterocycles. The van der Waals surface area contributed by atoms with Crippen LogP contribution >= 0.6 is 0 Å². The number of halogens is 3. The summed E-state index contributed by atoms with van der Waals surface area (Å²) in [4.78, 5) is 0. The van der Waals surface area contributed by atoms with Crippen molar-refractivity contribution in [2.45, 2.75) is 57.1 Å². The lowest BCUT2D eigenvalue weighted by atomic mass is 9.91. The van der Waals surface area contributed by atoms with E-state index >= 15 is 0 Å². The van der Waals surface area contributed by atoms with Gasteiger partial charge in [-0.3, -0.25) is 0 Å². The van der Waals surface area contributed by atoms with Gasteiger partial charge in [-0.1, -0.05) is 50.0 Å². The lowest BCUT2D eigenvalue weighted by Gasteiger charge is -2.29. The first-order valence-corrected chi connectivity index (χ1v) is 10.9. The molecule has 1 N–H and O–H groups in total. The maximum atomic E-state index is 13.1. The molecule has 1 nitrogen and oxygen atoms in total. The summed E-state index contributed by atoms with van der Waals surface area (Å²) in [5.74, 6) is 2.56. The van der Waals surface area contributed by atoms with Crippen LogP contribution in [-0.2, 0) is 6.42 Å². The Balaban J connectivity index is 2.69. The molecule has 0 aliphatic heterocycles. The van der Waals surface area contributed by atoms with Crippen molar-refractivity contribution in [3.8, 4) is 11.5 Å². The molecule has 122 valence electrons. The van der Waals surface area contributed by atoms with Gasteiger partial charge in [0.1, 0.15) is 8.07 Å². The van der Waals surface area contributed by atoms with Crippen LogP contribution in [0.3, 0.4) is 0 Å². The number of aliphatic hydroxyl groups is 1. The van der Waals surface area contributed by atoms with E-state index in [0.29, 0.717) is 6.42 Å². The van der Waals surface area contributed by atoms with E-state index in [1.807, 2.05) is 50.0 Å². The zero-order chi connectivity index (χ0) is 16.9. The summed E-state index contributed by atoms with van der Waals surface area (Å²) in [5.41, 5.74) is 1.15. The molecule has 0 spiro atoms. The average molecular weight is 328 g/mol. The molecule has 0 fully saturated rings. The highest BCUT2D eigenvalue weighted by Gasteiger charge is 2.52. The lowest BCUT2D eigenvalue weighted by molar-refractivity contribution is -0.260. The van der Waals surface area contributed by atoms with Gasteiger partial charge in [-0.2, -0.15) is 13.2 Å². The molecule has 1 aromatic carbocycles. The lowest BCUT2D eigenvalue weighted by Crippen LogP contribution is -2.45. The van der Waals surface area contributed by atoms with Gasteiger partial charge in [0.15, 0.2) is 5.60 Å².